The first-order valence-electron chi connectivity index (χ1n) is 4.91. The van der Waals surface area contributed by atoms with Gasteiger partial charge >= 0.3 is 0 Å². The van der Waals surface area contributed by atoms with Crippen LogP contribution in [0.4, 0.5) is 5.69 Å². The van der Waals surface area contributed by atoms with Crippen LogP contribution >= 0.6 is 11.8 Å². The molecule has 0 fully saturated rings. The van der Waals surface area contributed by atoms with Crippen LogP contribution in [0.15, 0.2) is 29.3 Å². The number of anilines is 1. The van der Waals surface area contributed by atoms with Crippen LogP contribution in [0.1, 0.15) is 0 Å². The Morgan fingerprint density at radius 2 is 2.19 bits per heavy atom. The molecule has 0 saturated carbocycles. The fraction of sp³-hybridized carbons (Fsp3) is 0.273. The lowest BCUT2D eigenvalue weighted by Crippen LogP contribution is -2.25. The Morgan fingerprint density at radius 1 is 1.44 bits per heavy atom. The first-order chi connectivity index (χ1) is 7.85. The summed E-state index contributed by atoms with van der Waals surface area (Å²) in [5.41, 5.74) is 0.809. The number of carbonyl (C=O) groups is 1. The van der Waals surface area contributed by atoms with Gasteiger partial charge in [0.1, 0.15) is 5.75 Å². The molecule has 1 aliphatic heterocycles. The van der Waals surface area contributed by atoms with Crippen molar-refractivity contribution in [3.63, 3.8) is 0 Å². The molecule has 1 amide bonds. The van der Waals surface area contributed by atoms with Crippen molar-refractivity contribution >= 4 is 29.0 Å². The highest BCUT2D eigenvalue weighted by Crippen LogP contribution is 2.23. The van der Waals surface area contributed by atoms with Crippen LogP contribution in [0.5, 0.6) is 5.75 Å². The Balaban J connectivity index is 2.22. The first-order valence-corrected chi connectivity index (χ1v) is 5.89. The average molecular weight is 236 g/mol. The predicted molar refractivity (Wildman–Crippen MR) is 66.3 cm³/mol. The standard InChI is InChI=1S/C11H12N2O2S/c1-15-10-4-2-9(3-5-10)13(8-14)11-12-6-7-16-11/h2-5,8H,6-7H2,1H3. The molecule has 0 aliphatic carbocycles. The van der Waals surface area contributed by atoms with Gasteiger partial charge in [-0.05, 0) is 24.3 Å². The van der Waals surface area contributed by atoms with Gasteiger partial charge in [-0.2, -0.15) is 0 Å². The third-order valence-electron chi connectivity index (χ3n) is 2.23. The monoisotopic (exact) mass is 236 g/mol. The van der Waals surface area contributed by atoms with Gasteiger partial charge in [0.25, 0.3) is 0 Å². The third kappa shape index (κ3) is 2.19. The summed E-state index contributed by atoms with van der Waals surface area (Å²) in [5, 5.41) is 0.764. The Bertz CT molecular complexity index is 403. The molecule has 4 nitrogen and oxygen atoms in total. The van der Waals surface area contributed by atoms with Gasteiger partial charge in [0.05, 0.1) is 19.3 Å². The molecule has 1 aromatic rings. The molecule has 0 aromatic heterocycles. The smallest absolute Gasteiger partial charge is 0.220 e. The summed E-state index contributed by atoms with van der Waals surface area (Å²) in [6.45, 7) is 0.778. The van der Waals surface area contributed by atoms with Crippen LogP contribution in [0.2, 0.25) is 0 Å². The highest BCUT2D eigenvalue weighted by atomic mass is 32.2. The van der Waals surface area contributed by atoms with Crippen molar-refractivity contribution in [2.75, 3.05) is 24.3 Å². The second-order valence-corrected chi connectivity index (χ2v) is 4.25. The van der Waals surface area contributed by atoms with E-state index in [0.29, 0.717) is 0 Å². The maximum Gasteiger partial charge on any atom is 0.220 e. The van der Waals surface area contributed by atoms with E-state index < -0.39 is 0 Å². The van der Waals surface area contributed by atoms with Crippen LogP contribution in [0, 0.1) is 0 Å². The molecule has 16 heavy (non-hydrogen) atoms. The number of amidine groups is 1. The SMILES string of the molecule is COc1ccc(N(C=O)C2=NCCS2)cc1. The van der Waals surface area contributed by atoms with Gasteiger partial charge in [-0.3, -0.25) is 14.7 Å². The first kappa shape index (κ1) is 11.0. The number of hydrogen-bond acceptors (Lipinski definition) is 4. The van der Waals surface area contributed by atoms with E-state index in [2.05, 4.69) is 4.99 Å². The van der Waals surface area contributed by atoms with Crippen LogP contribution in [0.25, 0.3) is 0 Å². The van der Waals surface area contributed by atoms with Gasteiger partial charge in [0.2, 0.25) is 6.41 Å². The van der Waals surface area contributed by atoms with E-state index in [9.17, 15) is 4.79 Å². The number of rotatable bonds is 3. The van der Waals surface area contributed by atoms with Crippen LogP contribution in [-0.4, -0.2) is 31.0 Å². The number of methoxy groups -OCH3 is 1. The number of carbonyl (C=O) groups excluding carboxylic acids is 1. The van der Waals surface area contributed by atoms with Crippen molar-refractivity contribution < 1.29 is 9.53 Å². The largest absolute Gasteiger partial charge is 0.497 e. The fourth-order valence-corrected chi connectivity index (χ4v) is 2.26. The third-order valence-corrected chi connectivity index (χ3v) is 3.20. The van der Waals surface area contributed by atoms with Gasteiger partial charge in [0.15, 0.2) is 5.17 Å². The number of hydrogen-bond donors (Lipinski definition) is 0. The fourth-order valence-electron chi connectivity index (χ4n) is 1.43. The number of ether oxygens (including phenoxy) is 1. The van der Waals surface area contributed by atoms with Gasteiger partial charge in [0, 0.05) is 5.75 Å². The topological polar surface area (TPSA) is 41.9 Å². The Morgan fingerprint density at radius 3 is 2.69 bits per heavy atom. The summed E-state index contributed by atoms with van der Waals surface area (Å²) in [4.78, 5) is 16.9. The Labute approximate surface area is 98.3 Å². The second kappa shape index (κ2) is 5.03. The van der Waals surface area contributed by atoms with Crippen LogP contribution in [-0.2, 0) is 4.79 Å². The van der Waals surface area contributed by atoms with Gasteiger partial charge in [-0.25, -0.2) is 0 Å². The molecule has 1 aliphatic rings. The predicted octanol–water partition coefficient (Wildman–Crippen LogP) is 1.76. The van der Waals surface area contributed by atoms with Crippen LogP contribution < -0.4 is 9.64 Å². The Kier molecular flexibility index (Phi) is 3.46. The summed E-state index contributed by atoms with van der Waals surface area (Å²) in [7, 11) is 1.61. The molecule has 0 bridgehead atoms. The highest BCUT2D eigenvalue weighted by molar-refractivity contribution is 8.14. The minimum atomic E-state index is 0.764. The van der Waals surface area contributed by atoms with Gasteiger partial charge in [-0.1, -0.05) is 11.8 Å². The van der Waals surface area contributed by atoms with Crippen molar-refractivity contribution in [3.05, 3.63) is 24.3 Å². The van der Waals surface area contributed by atoms with Crippen molar-refractivity contribution in [1.29, 1.82) is 0 Å². The molecule has 0 radical (unpaired) electrons. The lowest BCUT2D eigenvalue weighted by atomic mass is 10.3. The summed E-state index contributed by atoms with van der Waals surface area (Å²) < 4.78 is 5.07. The molecule has 0 saturated heterocycles. The van der Waals surface area contributed by atoms with E-state index >= 15 is 0 Å². The highest BCUT2D eigenvalue weighted by Gasteiger charge is 2.16. The maximum absolute atomic E-state index is 11.0. The van der Waals surface area contributed by atoms with Gasteiger partial charge < -0.3 is 4.74 Å². The molecule has 1 aromatic carbocycles. The minimum absolute atomic E-state index is 0.764. The van der Waals surface area contributed by atoms with E-state index in [-0.39, 0.29) is 0 Å². The summed E-state index contributed by atoms with van der Waals surface area (Å²) in [6, 6.07) is 7.33. The van der Waals surface area contributed by atoms with E-state index in [4.69, 9.17) is 4.74 Å². The molecule has 0 spiro atoms. The average Bonchev–Trinajstić information content (AvgIpc) is 2.85. The summed E-state index contributed by atoms with van der Waals surface area (Å²) in [6.07, 6.45) is 0.791. The lowest BCUT2D eigenvalue weighted by molar-refractivity contribution is -0.106. The molecule has 2 rings (SSSR count). The lowest BCUT2D eigenvalue weighted by Gasteiger charge is -2.16. The number of amides is 1. The number of aliphatic imine (C=N–C) groups is 1. The second-order valence-electron chi connectivity index (χ2n) is 3.19. The number of benzene rings is 1. The summed E-state index contributed by atoms with van der Waals surface area (Å²) >= 11 is 1.59. The maximum atomic E-state index is 11.0. The minimum Gasteiger partial charge on any atom is -0.497 e. The molecule has 84 valence electrons. The zero-order valence-electron chi connectivity index (χ0n) is 8.92. The van der Waals surface area contributed by atoms with Crippen molar-refractivity contribution in [2.24, 2.45) is 4.99 Å². The van der Waals surface area contributed by atoms with E-state index in [0.717, 1.165) is 35.3 Å². The quantitative estimate of drug-likeness (QED) is 0.751. The van der Waals surface area contributed by atoms with Gasteiger partial charge in [-0.15, -0.1) is 0 Å². The number of thioether (sulfide) groups is 1. The van der Waals surface area contributed by atoms with E-state index in [1.807, 2.05) is 24.3 Å². The molecular weight excluding hydrogens is 224 g/mol. The van der Waals surface area contributed by atoms with Crippen molar-refractivity contribution in [3.8, 4) is 5.75 Å². The molecule has 0 atom stereocenters. The Hall–Kier alpha value is -1.49. The molecule has 5 heteroatoms. The zero-order valence-corrected chi connectivity index (χ0v) is 9.74. The zero-order chi connectivity index (χ0) is 11.4. The molecule has 0 unspecified atom stereocenters. The molecule has 0 N–H and O–H groups in total. The summed E-state index contributed by atoms with van der Waals surface area (Å²) in [5.74, 6) is 1.71. The van der Waals surface area contributed by atoms with E-state index in [1.165, 1.54) is 0 Å². The normalized spacial score (nSPS) is 14.4. The van der Waals surface area contributed by atoms with E-state index in [1.54, 1.807) is 23.8 Å². The van der Waals surface area contributed by atoms with Crippen molar-refractivity contribution in [1.82, 2.24) is 0 Å². The number of nitrogens with zero attached hydrogens (tertiary/aromatic N) is 2. The van der Waals surface area contributed by atoms with Crippen LogP contribution in [0.3, 0.4) is 0 Å². The molecule has 1 heterocycles. The van der Waals surface area contributed by atoms with Crippen molar-refractivity contribution in [2.45, 2.75) is 0 Å². The molecular formula is C11H12N2O2S.